The SMILES string of the molecule is C[N+](C)(C)CCO[PH](=O)OCC[N+](CCO)(CCO)CCO. The fourth-order valence-corrected chi connectivity index (χ4v) is 2.67. The minimum absolute atomic E-state index is 0.0464. The molecule has 0 fully saturated rings. The second-order valence-corrected chi connectivity index (χ2v) is 7.45. The van der Waals surface area contributed by atoms with Gasteiger partial charge in [-0.2, -0.15) is 0 Å². The van der Waals surface area contributed by atoms with Crippen molar-refractivity contribution in [2.45, 2.75) is 0 Å². The maximum atomic E-state index is 11.7. The number of hydrogen-bond donors (Lipinski definition) is 3. The summed E-state index contributed by atoms with van der Waals surface area (Å²) in [5, 5.41) is 27.5. The quantitative estimate of drug-likeness (QED) is 0.274. The number of aliphatic hydroxyl groups excluding tert-OH is 3. The lowest BCUT2D eigenvalue weighted by atomic mass is 10.3. The Morgan fingerprint density at radius 2 is 1.18 bits per heavy atom. The molecular weight excluding hydrogens is 311 g/mol. The molecule has 1 unspecified atom stereocenters. The second kappa shape index (κ2) is 11.5. The van der Waals surface area contributed by atoms with Gasteiger partial charge in [-0.1, -0.05) is 0 Å². The zero-order valence-corrected chi connectivity index (χ0v) is 15.0. The Balaban J connectivity index is 4.17. The van der Waals surface area contributed by atoms with Crippen LogP contribution in [0.3, 0.4) is 0 Å². The van der Waals surface area contributed by atoms with Gasteiger partial charge in [-0.05, 0) is 0 Å². The third kappa shape index (κ3) is 10.6. The van der Waals surface area contributed by atoms with E-state index in [1.54, 1.807) is 0 Å². The first-order valence-electron chi connectivity index (χ1n) is 7.56. The van der Waals surface area contributed by atoms with Crippen LogP contribution in [0.2, 0.25) is 0 Å². The van der Waals surface area contributed by atoms with Crippen LogP contribution < -0.4 is 0 Å². The first-order chi connectivity index (χ1) is 10.3. The van der Waals surface area contributed by atoms with E-state index in [0.29, 0.717) is 37.3 Å². The molecule has 0 saturated carbocycles. The molecule has 0 aromatic heterocycles. The molecule has 0 bridgehead atoms. The predicted octanol–water partition coefficient (Wildman–Crippen LogP) is -1.09. The normalized spacial score (nSPS) is 14.3. The van der Waals surface area contributed by atoms with E-state index >= 15 is 0 Å². The van der Waals surface area contributed by atoms with Crippen molar-refractivity contribution in [1.29, 1.82) is 0 Å². The van der Waals surface area contributed by atoms with Crippen molar-refractivity contribution in [3.63, 3.8) is 0 Å². The van der Waals surface area contributed by atoms with Crippen molar-refractivity contribution in [2.24, 2.45) is 0 Å². The molecule has 0 aliphatic rings. The van der Waals surface area contributed by atoms with Gasteiger partial charge < -0.3 is 33.3 Å². The monoisotopic (exact) mass is 344 g/mol. The summed E-state index contributed by atoms with van der Waals surface area (Å²) < 4.78 is 23.1. The zero-order valence-electron chi connectivity index (χ0n) is 14.0. The molecular formula is C13H33N2O6P+2. The van der Waals surface area contributed by atoms with Gasteiger partial charge in [0, 0.05) is 0 Å². The van der Waals surface area contributed by atoms with Gasteiger partial charge in [0.1, 0.15) is 45.9 Å². The van der Waals surface area contributed by atoms with Gasteiger partial charge in [-0.15, -0.1) is 0 Å². The summed E-state index contributed by atoms with van der Waals surface area (Å²) in [7, 11) is 3.52. The summed E-state index contributed by atoms with van der Waals surface area (Å²) in [5.41, 5.74) is 0. The number of aliphatic hydroxyl groups is 3. The minimum atomic E-state index is -2.54. The van der Waals surface area contributed by atoms with Crippen molar-refractivity contribution in [3.8, 4) is 0 Å². The van der Waals surface area contributed by atoms with Crippen LogP contribution in [0.15, 0.2) is 0 Å². The minimum Gasteiger partial charge on any atom is -0.391 e. The Hall–Kier alpha value is -0.0500. The Bertz CT molecular complexity index is 294. The van der Waals surface area contributed by atoms with Crippen LogP contribution in [0.4, 0.5) is 0 Å². The van der Waals surface area contributed by atoms with E-state index in [4.69, 9.17) is 24.4 Å². The van der Waals surface area contributed by atoms with E-state index < -0.39 is 8.25 Å². The maximum Gasteiger partial charge on any atom is 0.319 e. The van der Waals surface area contributed by atoms with Gasteiger partial charge in [0.2, 0.25) is 0 Å². The van der Waals surface area contributed by atoms with Crippen molar-refractivity contribution in [2.75, 3.05) is 86.9 Å². The molecule has 0 saturated heterocycles. The number of nitrogens with zero attached hydrogens (tertiary/aromatic N) is 2. The van der Waals surface area contributed by atoms with E-state index in [0.717, 1.165) is 11.0 Å². The Morgan fingerprint density at radius 1 is 0.773 bits per heavy atom. The zero-order chi connectivity index (χ0) is 17.1. The van der Waals surface area contributed by atoms with E-state index in [9.17, 15) is 4.57 Å². The molecule has 22 heavy (non-hydrogen) atoms. The van der Waals surface area contributed by atoms with Gasteiger partial charge >= 0.3 is 8.25 Å². The summed E-state index contributed by atoms with van der Waals surface area (Å²) in [6.45, 7) is 2.85. The highest BCUT2D eigenvalue weighted by Crippen LogP contribution is 2.23. The van der Waals surface area contributed by atoms with E-state index in [2.05, 4.69) is 0 Å². The molecule has 0 spiro atoms. The molecule has 0 rings (SSSR count). The first-order valence-corrected chi connectivity index (χ1v) is 8.79. The molecule has 0 heterocycles. The summed E-state index contributed by atoms with van der Waals surface area (Å²) in [4.78, 5) is 0. The number of hydrogen-bond acceptors (Lipinski definition) is 6. The van der Waals surface area contributed by atoms with Crippen LogP contribution in [-0.4, -0.2) is 111 Å². The van der Waals surface area contributed by atoms with Crippen molar-refractivity contribution in [1.82, 2.24) is 0 Å². The first kappa shape index (κ1) is 21.9. The smallest absolute Gasteiger partial charge is 0.319 e. The Labute approximate surface area is 134 Å². The van der Waals surface area contributed by atoms with E-state index in [1.807, 2.05) is 21.1 Å². The van der Waals surface area contributed by atoms with Crippen LogP contribution in [0.1, 0.15) is 0 Å². The maximum absolute atomic E-state index is 11.7. The third-order valence-corrected chi connectivity index (χ3v) is 4.37. The number of quaternary nitrogens is 2. The molecule has 0 amide bonds. The average Bonchev–Trinajstić information content (AvgIpc) is 2.38. The highest BCUT2D eigenvalue weighted by Gasteiger charge is 2.26. The van der Waals surface area contributed by atoms with Gasteiger partial charge in [-0.25, -0.2) is 0 Å². The molecule has 9 heteroatoms. The fraction of sp³-hybridized carbons (Fsp3) is 1.00. The predicted molar refractivity (Wildman–Crippen MR) is 84.8 cm³/mol. The highest BCUT2D eigenvalue weighted by atomic mass is 31.1. The van der Waals surface area contributed by atoms with Crippen LogP contribution in [0.25, 0.3) is 0 Å². The highest BCUT2D eigenvalue weighted by molar-refractivity contribution is 7.33. The molecule has 0 aromatic rings. The van der Waals surface area contributed by atoms with Gasteiger partial charge in [-0.3, -0.25) is 4.57 Å². The number of likely N-dealkylation sites (N-methyl/N-ethyl adjacent to an activating group) is 1. The molecule has 0 aliphatic carbocycles. The summed E-state index contributed by atoms with van der Waals surface area (Å²) >= 11 is 0. The van der Waals surface area contributed by atoms with Crippen molar-refractivity contribution >= 4 is 8.25 Å². The Morgan fingerprint density at radius 3 is 1.55 bits per heavy atom. The Kier molecular flexibility index (Phi) is 11.5. The molecule has 8 nitrogen and oxygen atoms in total. The lowest BCUT2D eigenvalue weighted by molar-refractivity contribution is -0.928. The second-order valence-electron chi connectivity index (χ2n) is 6.37. The summed E-state index contributed by atoms with van der Waals surface area (Å²) in [6.07, 6.45) is 0. The van der Waals surface area contributed by atoms with Gasteiger partial charge in [0.05, 0.1) is 41.0 Å². The summed E-state index contributed by atoms with van der Waals surface area (Å²) in [6, 6.07) is 0. The topological polar surface area (TPSA) is 96.2 Å². The van der Waals surface area contributed by atoms with Crippen LogP contribution >= 0.6 is 8.25 Å². The van der Waals surface area contributed by atoms with Crippen LogP contribution in [0, 0.1) is 0 Å². The van der Waals surface area contributed by atoms with Crippen molar-refractivity contribution in [3.05, 3.63) is 0 Å². The molecule has 0 aromatic carbocycles. The number of rotatable bonds is 14. The van der Waals surface area contributed by atoms with Gasteiger partial charge in [0.15, 0.2) is 0 Å². The molecule has 0 aliphatic heterocycles. The van der Waals surface area contributed by atoms with Crippen LogP contribution in [-0.2, 0) is 13.6 Å². The lowest BCUT2D eigenvalue weighted by Gasteiger charge is -2.37. The molecule has 134 valence electrons. The van der Waals surface area contributed by atoms with Gasteiger partial charge in [0.25, 0.3) is 0 Å². The third-order valence-electron chi connectivity index (χ3n) is 3.49. The largest absolute Gasteiger partial charge is 0.391 e. The fourth-order valence-electron chi connectivity index (χ4n) is 2.07. The van der Waals surface area contributed by atoms with Crippen molar-refractivity contribution < 1.29 is 37.9 Å². The van der Waals surface area contributed by atoms with E-state index in [-0.39, 0.29) is 26.4 Å². The molecule has 3 N–H and O–H groups in total. The molecule has 0 radical (unpaired) electrons. The van der Waals surface area contributed by atoms with E-state index in [1.165, 1.54) is 0 Å². The standard InChI is InChI=1S/C13H33N2O6P/c1-14(2,3)7-12-20-22(19)21-13-8-15(4-9-16,5-10-17)6-11-18/h16-18,22H,4-13H2,1-3H3/q+2. The average molecular weight is 344 g/mol. The van der Waals surface area contributed by atoms with Crippen LogP contribution in [0.5, 0.6) is 0 Å². The lowest BCUT2D eigenvalue weighted by Crippen LogP contribution is -2.54. The summed E-state index contributed by atoms with van der Waals surface area (Å²) in [5.74, 6) is 0. The molecule has 1 atom stereocenters.